The van der Waals surface area contributed by atoms with Crippen LogP contribution < -0.4 is 10.1 Å². The first kappa shape index (κ1) is 16.1. The molecule has 2 aromatic rings. The molecule has 3 nitrogen and oxygen atoms in total. The minimum absolute atomic E-state index is 0.0372. The lowest BCUT2D eigenvalue weighted by atomic mass is 9.99. The van der Waals surface area contributed by atoms with Gasteiger partial charge in [-0.1, -0.05) is 56.3 Å². The summed E-state index contributed by atoms with van der Waals surface area (Å²) < 4.78 is 5.51. The van der Waals surface area contributed by atoms with Crippen LogP contribution in [-0.4, -0.2) is 12.5 Å². The fourth-order valence-corrected chi connectivity index (χ4v) is 2.12. The molecule has 0 spiro atoms. The summed E-state index contributed by atoms with van der Waals surface area (Å²) in [6.45, 7) is 4.94. The molecule has 2 aromatic carbocycles. The third kappa shape index (κ3) is 4.92. The predicted molar refractivity (Wildman–Crippen MR) is 88.9 cm³/mol. The van der Waals surface area contributed by atoms with Gasteiger partial charge in [-0.05, 0) is 35.6 Å². The maximum Gasteiger partial charge on any atom is 0.258 e. The monoisotopic (exact) mass is 297 g/mol. The number of benzene rings is 2. The SMILES string of the molecule is CCC(C)c1ccc(OCC(=O)NCc2ccccc2)cc1. The van der Waals surface area contributed by atoms with Crippen molar-refractivity contribution in [3.8, 4) is 5.75 Å². The molecule has 0 aliphatic carbocycles. The van der Waals surface area contributed by atoms with Crippen molar-refractivity contribution >= 4 is 5.91 Å². The van der Waals surface area contributed by atoms with E-state index in [1.54, 1.807) is 0 Å². The first-order valence-electron chi connectivity index (χ1n) is 7.72. The number of nitrogens with one attached hydrogen (secondary N) is 1. The van der Waals surface area contributed by atoms with Gasteiger partial charge < -0.3 is 10.1 Å². The van der Waals surface area contributed by atoms with Gasteiger partial charge >= 0.3 is 0 Å². The quantitative estimate of drug-likeness (QED) is 0.842. The molecule has 0 heterocycles. The van der Waals surface area contributed by atoms with Gasteiger partial charge in [-0.2, -0.15) is 0 Å². The first-order chi connectivity index (χ1) is 10.7. The fraction of sp³-hybridized carbons (Fsp3) is 0.316. The summed E-state index contributed by atoms with van der Waals surface area (Å²) in [6.07, 6.45) is 1.11. The van der Waals surface area contributed by atoms with Gasteiger partial charge in [0.15, 0.2) is 6.61 Å². The second-order valence-electron chi connectivity index (χ2n) is 5.43. The minimum atomic E-state index is -0.116. The molecule has 1 N–H and O–H groups in total. The molecule has 0 aliphatic rings. The highest BCUT2D eigenvalue weighted by Crippen LogP contribution is 2.21. The average Bonchev–Trinajstić information content (AvgIpc) is 2.58. The Bertz CT molecular complexity index is 578. The highest BCUT2D eigenvalue weighted by Gasteiger charge is 2.05. The molecule has 0 saturated carbocycles. The average molecular weight is 297 g/mol. The Morgan fingerprint density at radius 3 is 2.41 bits per heavy atom. The number of ether oxygens (including phenoxy) is 1. The van der Waals surface area contributed by atoms with E-state index in [9.17, 15) is 4.79 Å². The molecule has 3 heteroatoms. The van der Waals surface area contributed by atoms with Crippen molar-refractivity contribution in [1.82, 2.24) is 5.32 Å². The Morgan fingerprint density at radius 1 is 1.09 bits per heavy atom. The Hall–Kier alpha value is -2.29. The van der Waals surface area contributed by atoms with Crippen LogP contribution in [-0.2, 0) is 11.3 Å². The van der Waals surface area contributed by atoms with Crippen LogP contribution in [0.2, 0.25) is 0 Å². The van der Waals surface area contributed by atoms with E-state index in [1.165, 1.54) is 5.56 Å². The predicted octanol–water partition coefficient (Wildman–Crippen LogP) is 3.90. The third-order valence-corrected chi connectivity index (χ3v) is 3.76. The number of hydrogen-bond acceptors (Lipinski definition) is 2. The molecule has 116 valence electrons. The van der Waals surface area contributed by atoms with Gasteiger partial charge in [0.1, 0.15) is 5.75 Å². The Balaban J connectivity index is 1.76. The van der Waals surface area contributed by atoms with E-state index in [0.29, 0.717) is 12.5 Å². The molecule has 0 aliphatic heterocycles. The van der Waals surface area contributed by atoms with E-state index in [0.717, 1.165) is 17.7 Å². The van der Waals surface area contributed by atoms with Crippen molar-refractivity contribution in [3.63, 3.8) is 0 Å². The van der Waals surface area contributed by atoms with E-state index in [1.807, 2.05) is 42.5 Å². The molecule has 0 saturated heterocycles. The number of carbonyl (C=O) groups excluding carboxylic acids is 1. The van der Waals surface area contributed by atoms with Crippen molar-refractivity contribution in [2.24, 2.45) is 0 Å². The van der Waals surface area contributed by atoms with Crippen molar-refractivity contribution in [2.45, 2.75) is 32.7 Å². The topological polar surface area (TPSA) is 38.3 Å². The summed E-state index contributed by atoms with van der Waals surface area (Å²) >= 11 is 0. The van der Waals surface area contributed by atoms with E-state index in [4.69, 9.17) is 4.74 Å². The summed E-state index contributed by atoms with van der Waals surface area (Å²) in [5.41, 5.74) is 2.37. The van der Waals surface area contributed by atoms with Crippen LogP contribution in [0.5, 0.6) is 5.75 Å². The van der Waals surface area contributed by atoms with Gasteiger partial charge in [0.2, 0.25) is 0 Å². The molecule has 1 unspecified atom stereocenters. The standard InChI is InChI=1S/C19H23NO2/c1-3-15(2)17-9-11-18(12-10-17)22-14-19(21)20-13-16-7-5-4-6-8-16/h4-12,15H,3,13-14H2,1-2H3,(H,20,21). The van der Waals surface area contributed by atoms with Crippen molar-refractivity contribution in [2.75, 3.05) is 6.61 Å². The van der Waals surface area contributed by atoms with Gasteiger partial charge in [0.25, 0.3) is 5.91 Å². The molecule has 0 bridgehead atoms. The largest absolute Gasteiger partial charge is 0.484 e. The number of hydrogen-bond donors (Lipinski definition) is 1. The minimum Gasteiger partial charge on any atom is -0.484 e. The van der Waals surface area contributed by atoms with Crippen molar-refractivity contribution in [1.29, 1.82) is 0 Å². The van der Waals surface area contributed by atoms with E-state index >= 15 is 0 Å². The fourth-order valence-electron chi connectivity index (χ4n) is 2.12. The molecule has 1 atom stereocenters. The van der Waals surface area contributed by atoms with Gasteiger partial charge in [0.05, 0.1) is 0 Å². The van der Waals surface area contributed by atoms with Crippen LogP contribution in [0.25, 0.3) is 0 Å². The summed E-state index contributed by atoms with van der Waals surface area (Å²) in [5, 5.41) is 2.84. The normalized spacial score (nSPS) is 11.7. The zero-order chi connectivity index (χ0) is 15.8. The van der Waals surface area contributed by atoms with Crippen LogP contribution in [0.3, 0.4) is 0 Å². The molecule has 0 fully saturated rings. The highest BCUT2D eigenvalue weighted by atomic mass is 16.5. The maximum atomic E-state index is 11.8. The zero-order valence-electron chi connectivity index (χ0n) is 13.2. The summed E-state index contributed by atoms with van der Waals surface area (Å²) in [7, 11) is 0. The van der Waals surface area contributed by atoms with Crippen LogP contribution in [0, 0.1) is 0 Å². The van der Waals surface area contributed by atoms with E-state index in [-0.39, 0.29) is 12.5 Å². The van der Waals surface area contributed by atoms with Crippen LogP contribution in [0.15, 0.2) is 54.6 Å². The summed E-state index contributed by atoms with van der Waals surface area (Å²) in [6, 6.07) is 17.8. The van der Waals surface area contributed by atoms with Gasteiger partial charge in [0, 0.05) is 6.54 Å². The van der Waals surface area contributed by atoms with Gasteiger partial charge in [-0.3, -0.25) is 4.79 Å². The van der Waals surface area contributed by atoms with Gasteiger partial charge in [-0.25, -0.2) is 0 Å². The Kier molecular flexibility index (Phi) is 6.01. The first-order valence-corrected chi connectivity index (χ1v) is 7.72. The lowest BCUT2D eigenvalue weighted by Gasteiger charge is -2.11. The zero-order valence-corrected chi connectivity index (χ0v) is 13.2. The summed E-state index contributed by atoms with van der Waals surface area (Å²) in [5.74, 6) is 1.15. The van der Waals surface area contributed by atoms with Crippen molar-refractivity contribution < 1.29 is 9.53 Å². The third-order valence-electron chi connectivity index (χ3n) is 3.76. The number of rotatable bonds is 7. The smallest absolute Gasteiger partial charge is 0.258 e. The van der Waals surface area contributed by atoms with E-state index in [2.05, 4.69) is 31.3 Å². The molecule has 22 heavy (non-hydrogen) atoms. The van der Waals surface area contributed by atoms with Crippen LogP contribution >= 0.6 is 0 Å². The number of carbonyl (C=O) groups is 1. The van der Waals surface area contributed by atoms with Crippen molar-refractivity contribution in [3.05, 3.63) is 65.7 Å². The molecule has 1 amide bonds. The van der Waals surface area contributed by atoms with Crippen LogP contribution in [0.1, 0.15) is 37.3 Å². The molecule has 2 rings (SSSR count). The second-order valence-corrected chi connectivity index (χ2v) is 5.43. The Morgan fingerprint density at radius 2 is 1.77 bits per heavy atom. The highest BCUT2D eigenvalue weighted by molar-refractivity contribution is 5.77. The Labute approximate surface area is 132 Å². The number of amides is 1. The molecule has 0 radical (unpaired) electrons. The molecular formula is C19H23NO2. The molecular weight excluding hydrogens is 274 g/mol. The molecule has 0 aromatic heterocycles. The lowest BCUT2D eigenvalue weighted by Crippen LogP contribution is -2.28. The van der Waals surface area contributed by atoms with Crippen LogP contribution in [0.4, 0.5) is 0 Å². The van der Waals surface area contributed by atoms with E-state index < -0.39 is 0 Å². The second kappa shape index (κ2) is 8.23. The summed E-state index contributed by atoms with van der Waals surface area (Å²) in [4.78, 5) is 11.8. The maximum absolute atomic E-state index is 11.8. The van der Waals surface area contributed by atoms with Gasteiger partial charge in [-0.15, -0.1) is 0 Å². The lowest BCUT2D eigenvalue weighted by molar-refractivity contribution is -0.123.